The maximum Gasteiger partial charge on any atom is 0.344 e. The van der Waals surface area contributed by atoms with Gasteiger partial charge in [-0.1, -0.05) is 74.1 Å². The zero-order valence-electron chi connectivity index (χ0n) is 48.9. The minimum absolute atomic E-state index is 1.67. The molecule has 0 fully saturated rings. The molecule has 0 aromatic carbocycles. The van der Waals surface area contributed by atoms with Gasteiger partial charge >= 0.3 is 111 Å². The molecule has 0 spiro atoms. The highest BCUT2D eigenvalue weighted by Crippen LogP contribution is 2.35. The van der Waals surface area contributed by atoms with E-state index < -0.39 is 128 Å². The first-order valence-electron chi connectivity index (χ1n) is 24.3. The minimum atomic E-state index is -3.46. The Kier molecular flexibility index (Phi) is 26.9. The van der Waals surface area contributed by atoms with Gasteiger partial charge in [-0.3, -0.25) is 0 Å². The van der Waals surface area contributed by atoms with Gasteiger partial charge in [0, 0.05) is 0 Å². The van der Waals surface area contributed by atoms with Crippen LogP contribution in [0.3, 0.4) is 0 Å². The van der Waals surface area contributed by atoms with E-state index >= 15 is 0 Å². The van der Waals surface area contributed by atoms with E-state index in [0.717, 1.165) is 0 Å². The van der Waals surface area contributed by atoms with E-state index in [0.29, 0.717) is 0 Å². The first kappa shape index (κ1) is 73.3. The zero-order chi connectivity index (χ0) is 58.6. The van der Waals surface area contributed by atoms with Crippen molar-refractivity contribution in [1.82, 2.24) is 0 Å². The molecular formula is C45H96O14Si15. The SMILES string of the molecule is C=C[Si](C)(O[Si](C)(C)C)O[Si](C)(C=C)O[Si](C)(C=C)O[Si](C)(C=C)O[Si](C)(C=C)O[Si](C)(C=C)O[Si](C)(C=C)O[Si](C)(C=C)O[Si](C)(C=C)O[Si](C)(C=C)O[Si](C)(C=C)O[Si](C)(C=C)O[Si](C)(C=C)O[Si](C)(C)C. The Morgan fingerprint density at radius 2 is 0.216 bits per heavy atom. The van der Waals surface area contributed by atoms with Crippen molar-refractivity contribution in [3.8, 4) is 0 Å². The average Bonchev–Trinajstić information content (AvgIpc) is 3.26. The lowest BCUT2D eigenvalue weighted by Gasteiger charge is -2.45. The summed E-state index contributed by atoms with van der Waals surface area (Å²) in [4.78, 5) is 0. The van der Waals surface area contributed by atoms with Crippen LogP contribution in [0, 0.1) is 0 Å². The molecule has 0 rings (SSSR count). The molecule has 29 heteroatoms. The zero-order valence-corrected chi connectivity index (χ0v) is 63.9. The highest BCUT2D eigenvalue weighted by atomic mass is 28.5. The maximum atomic E-state index is 7.00. The van der Waals surface area contributed by atoms with Crippen LogP contribution in [-0.4, -0.2) is 128 Å². The molecule has 74 heavy (non-hydrogen) atoms. The largest absolute Gasteiger partial charge is 0.434 e. The molecule has 0 aromatic rings. The van der Waals surface area contributed by atoms with Crippen LogP contribution in [0.15, 0.2) is 160 Å². The predicted octanol–water partition coefficient (Wildman–Crippen LogP) is 13.3. The van der Waals surface area contributed by atoms with Crippen molar-refractivity contribution in [1.29, 1.82) is 0 Å². The lowest BCUT2D eigenvalue weighted by Crippen LogP contribution is -2.64. The van der Waals surface area contributed by atoms with Gasteiger partial charge in [-0.05, 0) is 124 Å². The summed E-state index contributed by atoms with van der Waals surface area (Å²) in [6.07, 6.45) is 0. The van der Waals surface area contributed by atoms with Gasteiger partial charge in [0.15, 0.2) is 16.6 Å². The van der Waals surface area contributed by atoms with E-state index in [1.165, 1.54) is 0 Å². The maximum absolute atomic E-state index is 7.00. The Hall–Kier alpha value is -0.687. The second kappa shape index (κ2) is 27.2. The molecule has 0 saturated heterocycles. The molecule has 12 atom stereocenters. The van der Waals surface area contributed by atoms with Gasteiger partial charge in [0.05, 0.1) is 0 Å². The third-order valence-corrected chi connectivity index (χ3v) is 67.4. The summed E-state index contributed by atoms with van der Waals surface area (Å²) in [5, 5.41) is 0. The Labute approximate surface area is 466 Å². The molecule has 0 saturated carbocycles. The summed E-state index contributed by atoms with van der Waals surface area (Å²) >= 11 is 0. The lowest BCUT2D eigenvalue weighted by molar-refractivity contribution is 0.263. The lowest BCUT2D eigenvalue weighted by atomic mass is 11.3. The van der Waals surface area contributed by atoms with Crippen LogP contribution in [-0.2, 0) is 57.6 Å². The van der Waals surface area contributed by atoms with Crippen LogP contribution in [0.25, 0.3) is 0 Å². The highest BCUT2D eigenvalue weighted by Gasteiger charge is 2.56. The highest BCUT2D eigenvalue weighted by molar-refractivity contribution is 7.00. The van der Waals surface area contributed by atoms with Crippen LogP contribution in [0.5, 0.6) is 0 Å². The molecular weight excluding hydrogens is 1190 g/mol. The average molecular weight is 1280 g/mol. The molecule has 0 amide bonds. The number of hydrogen-bond donors (Lipinski definition) is 0. The van der Waals surface area contributed by atoms with Crippen molar-refractivity contribution in [2.45, 2.75) is 124 Å². The third kappa shape index (κ3) is 23.6. The van der Waals surface area contributed by atoms with Gasteiger partial charge in [-0.25, -0.2) is 0 Å². The molecule has 0 aliphatic rings. The van der Waals surface area contributed by atoms with E-state index in [4.69, 9.17) is 57.6 Å². The van der Waals surface area contributed by atoms with Crippen LogP contribution in [0.2, 0.25) is 124 Å². The van der Waals surface area contributed by atoms with Crippen molar-refractivity contribution in [2.75, 3.05) is 0 Å². The van der Waals surface area contributed by atoms with Gasteiger partial charge in [-0.2, -0.15) is 0 Å². The first-order valence-corrected chi connectivity index (χ1v) is 62.2. The van der Waals surface area contributed by atoms with E-state index in [1.807, 2.05) is 85.1 Å². The molecule has 420 valence electrons. The van der Waals surface area contributed by atoms with Gasteiger partial charge in [-0.15, -0.1) is 85.5 Å². The van der Waals surface area contributed by atoms with Crippen molar-refractivity contribution >= 4 is 128 Å². The fourth-order valence-corrected chi connectivity index (χ4v) is 71.5. The standard InChI is InChI=1S/C45H96O14Si15/c1-33-62(20,46-60(14,15)16)48-64(22,35-3)50-66(24,37-5)52-68(26,39-7)54-70(28,41-9)56-72(30,43-11)58-74(32,45-13)59-73(31,44-12)57-71(29,42-10)55-69(27,40-8)53-67(25,38-6)51-65(23,36-4)49-63(21,34-2)47-61(17,18)19/h33-45H,1-13H2,14-32H3. The monoisotopic (exact) mass is 1280 g/mol. The van der Waals surface area contributed by atoms with Crippen molar-refractivity contribution in [2.24, 2.45) is 0 Å². The van der Waals surface area contributed by atoms with Crippen molar-refractivity contribution in [3.63, 3.8) is 0 Å². The third-order valence-electron chi connectivity index (χ3n) is 10.7. The quantitative estimate of drug-likeness (QED) is 0.0538. The predicted molar refractivity (Wildman–Crippen MR) is 345 cm³/mol. The van der Waals surface area contributed by atoms with Crippen LogP contribution in [0.4, 0.5) is 0 Å². The van der Waals surface area contributed by atoms with E-state index in [2.05, 4.69) is 125 Å². The molecule has 0 N–H and O–H groups in total. The molecule has 0 bridgehead atoms. The Bertz CT molecular complexity index is 1970. The normalized spacial score (nSPS) is 23.0. The smallest absolute Gasteiger partial charge is 0.344 e. The fraction of sp³-hybridized carbons (Fsp3) is 0.422. The second-order valence-electron chi connectivity index (χ2n) is 21.5. The van der Waals surface area contributed by atoms with Gasteiger partial charge in [0.25, 0.3) is 0 Å². The summed E-state index contributed by atoms with van der Waals surface area (Å²) in [7, 11) is -46.7. The Morgan fingerprint density at radius 1 is 0.149 bits per heavy atom. The first-order chi connectivity index (χ1) is 33.2. The van der Waals surface area contributed by atoms with E-state index in [1.54, 1.807) is 74.1 Å². The van der Waals surface area contributed by atoms with E-state index in [9.17, 15) is 0 Å². The Morgan fingerprint density at radius 3 is 0.270 bits per heavy atom. The fourth-order valence-electron chi connectivity index (χ4n) is 7.40. The Balaban J connectivity index is 6.86. The summed E-state index contributed by atoms with van der Waals surface area (Å²) in [5.41, 5.74) is 22.2. The van der Waals surface area contributed by atoms with Crippen molar-refractivity contribution < 1.29 is 57.6 Å². The molecule has 0 aliphatic carbocycles. The van der Waals surface area contributed by atoms with Crippen LogP contribution in [0.1, 0.15) is 0 Å². The van der Waals surface area contributed by atoms with Gasteiger partial charge < -0.3 is 57.6 Å². The topological polar surface area (TPSA) is 129 Å². The summed E-state index contributed by atoms with van der Waals surface area (Å²) in [5.74, 6) is 0. The number of hydrogen-bond acceptors (Lipinski definition) is 14. The van der Waals surface area contributed by atoms with Crippen LogP contribution >= 0.6 is 0 Å². The summed E-state index contributed by atoms with van der Waals surface area (Å²) < 4.78 is 96.0. The molecule has 0 heterocycles. The molecule has 12 unspecified atom stereocenters. The van der Waals surface area contributed by atoms with Gasteiger partial charge in [0.1, 0.15) is 0 Å². The van der Waals surface area contributed by atoms with Crippen molar-refractivity contribution in [3.05, 3.63) is 160 Å². The van der Waals surface area contributed by atoms with Gasteiger partial charge in [0.2, 0.25) is 0 Å². The number of rotatable bonds is 41. The molecule has 14 nitrogen and oxygen atoms in total. The van der Waals surface area contributed by atoms with Crippen LogP contribution < -0.4 is 0 Å². The molecule has 0 aromatic heterocycles. The summed E-state index contributed by atoms with van der Waals surface area (Å²) in [6, 6.07) is 0. The van der Waals surface area contributed by atoms with E-state index in [-0.39, 0.29) is 0 Å². The molecule has 0 radical (unpaired) electrons. The minimum Gasteiger partial charge on any atom is -0.434 e. The summed E-state index contributed by atoms with van der Waals surface area (Å²) in [6.45, 7) is 90.9. The second-order valence-corrected chi connectivity index (χ2v) is 73.1. The molecule has 0 aliphatic heterocycles.